The lowest BCUT2D eigenvalue weighted by molar-refractivity contribution is 0.142. The van der Waals surface area contributed by atoms with E-state index in [-0.39, 0.29) is 6.10 Å². The molecule has 2 rings (SSSR count). The van der Waals surface area contributed by atoms with Gasteiger partial charge >= 0.3 is 0 Å². The van der Waals surface area contributed by atoms with Crippen LogP contribution in [0.2, 0.25) is 0 Å². The molecular weight excluding hydrogens is 240 g/mol. The highest BCUT2D eigenvalue weighted by molar-refractivity contribution is 5.68. The summed E-state index contributed by atoms with van der Waals surface area (Å²) >= 11 is 0. The van der Waals surface area contributed by atoms with Gasteiger partial charge in [-0.2, -0.15) is 0 Å². The Kier molecular flexibility index (Phi) is 5.27. The van der Waals surface area contributed by atoms with E-state index in [1.165, 1.54) is 32.0 Å². The van der Waals surface area contributed by atoms with Crippen molar-refractivity contribution in [2.75, 3.05) is 0 Å². The molecule has 0 spiro atoms. The van der Waals surface area contributed by atoms with Crippen LogP contribution < -0.4 is 0 Å². The molecule has 19 heavy (non-hydrogen) atoms. The molecular formula is C14H22N4O. The van der Waals surface area contributed by atoms with Gasteiger partial charge in [-0.25, -0.2) is 15.0 Å². The van der Waals surface area contributed by atoms with E-state index in [2.05, 4.69) is 21.9 Å². The van der Waals surface area contributed by atoms with Crippen LogP contribution in [0.5, 0.6) is 0 Å². The summed E-state index contributed by atoms with van der Waals surface area (Å²) in [7, 11) is 0. The monoisotopic (exact) mass is 262 g/mol. The minimum absolute atomic E-state index is 0.325. The molecule has 0 saturated carbocycles. The smallest absolute Gasteiger partial charge is 0.163 e. The first-order valence-corrected chi connectivity index (χ1v) is 7.10. The minimum Gasteiger partial charge on any atom is -0.391 e. The number of aliphatic hydroxyl groups excluding tert-OH is 1. The third kappa shape index (κ3) is 3.99. The first-order chi connectivity index (χ1) is 9.31. The molecule has 5 heteroatoms. The van der Waals surface area contributed by atoms with Crippen molar-refractivity contribution in [2.24, 2.45) is 0 Å². The largest absolute Gasteiger partial charge is 0.391 e. The number of imidazole rings is 1. The Morgan fingerprint density at radius 1 is 1.21 bits per heavy atom. The summed E-state index contributed by atoms with van der Waals surface area (Å²) in [6.45, 7) is 2.77. The van der Waals surface area contributed by atoms with Crippen LogP contribution in [0.1, 0.15) is 45.4 Å². The highest BCUT2D eigenvalue weighted by atomic mass is 16.3. The summed E-state index contributed by atoms with van der Waals surface area (Å²) in [5, 5.41) is 10.0. The highest BCUT2D eigenvalue weighted by Crippen LogP contribution is 2.12. The van der Waals surface area contributed by atoms with Gasteiger partial charge in [-0.05, 0) is 6.42 Å². The number of hydrogen-bond donors (Lipinski definition) is 1. The van der Waals surface area contributed by atoms with E-state index in [4.69, 9.17) is 0 Å². The second-order valence-corrected chi connectivity index (χ2v) is 4.99. The lowest BCUT2D eigenvalue weighted by atomic mass is 10.1. The molecule has 0 radical (unpaired) electrons. The van der Waals surface area contributed by atoms with Crippen LogP contribution in [-0.2, 0) is 6.54 Å². The summed E-state index contributed by atoms with van der Waals surface area (Å²) in [5.41, 5.74) is 1.57. The number of hydrogen-bond acceptors (Lipinski definition) is 4. The SMILES string of the molecule is CCCCCCCC(O)Cn1cnc2cncnc21. The first-order valence-electron chi connectivity index (χ1n) is 7.10. The zero-order valence-corrected chi connectivity index (χ0v) is 11.5. The van der Waals surface area contributed by atoms with Crippen molar-refractivity contribution in [1.29, 1.82) is 0 Å². The normalized spacial score (nSPS) is 12.9. The van der Waals surface area contributed by atoms with Gasteiger partial charge < -0.3 is 9.67 Å². The highest BCUT2D eigenvalue weighted by Gasteiger charge is 2.09. The Labute approximate surface area is 113 Å². The van der Waals surface area contributed by atoms with E-state index >= 15 is 0 Å². The van der Waals surface area contributed by atoms with Gasteiger partial charge in [0.15, 0.2) is 5.65 Å². The molecule has 0 aliphatic heterocycles. The zero-order valence-electron chi connectivity index (χ0n) is 11.5. The van der Waals surface area contributed by atoms with Gasteiger partial charge in [0.2, 0.25) is 0 Å². The molecule has 2 aromatic rings. The molecule has 0 saturated heterocycles. The van der Waals surface area contributed by atoms with Crippen LogP contribution in [0.4, 0.5) is 0 Å². The second kappa shape index (κ2) is 7.19. The Morgan fingerprint density at radius 2 is 2.05 bits per heavy atom. The molecule has 1 atom stereocenters. The Morgan fingerprint density at radius 3 is 2.89 bits per heavy atom. The quantitative estimate of drug-likeness (QED) is 0.743. The third-order valence-corrected chi connectivity index (χ3v) is 3.33. The Hall–Kier alpha value is -1.49. The van der Waals surface area contributed by atoms with Crippen molar-refractivity contribution in [3.05, 3.63) is 18.9 Å². The van der Waals surface area contributed by atoms with E-state index < -0.39 is 0 Å². The van der Waals surface area contributed by atoms with Crippen molar-refractivity contribution in [3.8, 4) is 0 Å². The first kappa shape index (κ1) is 13.9. The van der Waals surface area contributed by atoms with Gasteiger partial charge in [-0.1, -0.05) is 39.0 Å². The maximum Gasteiger partial charge on any atom is 0.163 e. The summed E-state index contributed by atoms with van der Waals surface area (Å²) in [4.78, 5) is 12.3. The predicted octanol–water partition coefficient (Wildman–Crippen LogP) is 2.55. The maximum absolute atomic E-state index is 10.0. The molecule has 0 aromatic carbocycles. The molecule has 1 unspecified atom stereocenters. The predicted molar refractivity (Wildman–Crippen MR) is 74.7 cm³/mol. The molecule has 5 nitrogen and oxygen atoms in total. The maximum atomic E-state index is 10.0. The fourth-order valence-corrected chi connectivity index (χ4v) is 2.25. The standard InChI is InChI=1S/C14H22N4O/c1-2-3-4-5-6-7-12(19)9-18-11-17-13-8-15-10-16-14(13)18/h8,10-12,19H,2-7,9H2,1H3. The van der Waals surface area contributed by atoms with E-state index in [9.17, 15) is 5.11 Å². The molecule has 0 aliphatic carbocycles. The molecule has 2 heterocycles. The number of nitrogens with zero attached hydrogens (tertiary/aromatic N) is 4. The average Bonchev–Trinajstić information content (AvgIpc) is 2.82. The van der Waals surface area contributed by atoms with Crippen molar-refractivity contribution in [2.45, 2.75) is 58.1 Å². The van der Waals surface area contributed by atoms with Crippen molar-refractivity contribution < 1.29 is 5.11 Å². The average molecular weight is 262 g/mol. The zero-order chi connectivity index (χ0) is 13.5. The van der Waals surface area contributed by atoms with Crippen molar-refractivity contribution >= 4 is 11.2 Å². The van der Waals surface area contributed by atoms with Gasteiger partial charge in [0, 0.05) is 0 Å². The van der Waals surface area contributed by atoms with Gasteiger partial charge in [0.25, 0.3) is 0 Å². The second-order valence-electron chi connectivity index (χ2n) is 4.99. The summed E-state index contributed by atoms with van der Waals surface area (Å²) < 4.78 is 1.90. The van der Waals surface area contributed by atoms with Gasteiger partial charge in [0.05, 0.1) is 25.2 Å². The van der Waals surface area contributed by atoms with Crippen LogP contribution >= 0.6 is 0 Å². The molecule has 104 valence electrons. The molecule has 0 amide bonds. The minimum atomic E-state index is -0.325. The lowest BCUT2D eigenvalue weighted by Gasteiger charge is -2.11. The Balaban J connectivity index is 1.80. The van der Waals surface area contributed by atoms with Crippen LogP contribution in [0.3, 0.4) is 0 Å². The van der Waals surface area contributed by atoms with Crippen LogP contribution in [0.15, 0.2) is 18.9 Å². The van der Waals surface area contributed by atoms with Crippen LogP contribution in [-0.4, -0.2) is 30.7 Å². The van der Waals surface area contributed by atoms with E-state index in [0.717, 1.165) is 24.0 Å². The fraction of sp³-hybridized carbons (Fsp3) is 0.643. The molecule has 2 aromatic heterocycles. The van der Waals surface area contributed by atoms with E-state index in [1.54, 1.807) is 12.5 Å². The van der Waals surface area contributed by atoms with E-state index in [1.807, 2.05) is 4.57 Å². The van der Waals surface area contributed by atoms with Gasteiger partial charge in [-0.15, -0.1) is 0 Å². The number of aliphatic hydroxyl groups is 1. The molecule has 0 aliphatic rings. The Bertz CT molecular complexity index is 497. The molecule has 0 fully saturated rings. The summed E-state index contributed by atoms with van der Waals surface area (Å²) in [6, 6.07) is 0. The van der Waals surface area contributed by atoms with Gasteiger partial charge in [0.1, 0.15) is 11.8 Å². The fourth-order valence-electron chi connectivity index (χ4n) is 2.25. The summed E-state index contributed by atoms with van der Waals surface area (Å²) in [6.07, 6.45) is 11.5. The van der Waals surface area contributed by atoms with Crippen LogP contribution in [0, 0.1) is 0 Å². The number of aromatic nitrogens is 4. The molecule has 1 N–H and O–H groups in total. The summed E-state index contributed by atoms with van der Waals surface area (Å²) in [5.74, 6) is 0. The molecule has 0 bridgehead atoms. The van der Waals surface area contributed by atoms with E-state index in [0.29, 0.717) is 6.54 Å². The third-order valence-electron chi connectivity index (χ3n) is 3.33. The van der Waals surface area contributed by atoms with Crippen LogP contribution in [0.25, 0.3) is 11.2 Å². The lowest BCUT2D eigenvalue weighted by Crippen LogP contribution is -2.15. The van der Waals surface area contributed by atoms with Crippen molar-refractivity contribution in [1.82, 2.24) is 19.5 Å². The van der Waals surface area contributed by atoms with Crippen molar-refractivity contribution in [3.63, 3.8) is 0 Å². The number of fused-ring (bicyclic) bond motifs is 1. The topological polar surface area (TPSA) is 63.8 Å². The number of rotatable bonds is 8. The number of unbranched alkanes of at least 4 members (excludes halogenated alkanes) is 4. The van der Waals surface area contributed by atoms with Gasteiger partial charge in [-0.3, -0.25) is 0 Å².